The number of rotatable bonds is 7. The topological polar surface area (TPSA) is 94.8 Å². The number of aromatic nitrogens is 1. The van der Waals surface area contributed by atoms with Gasteiger partial charge in [0, 0.05) is 24.1 Å². The van der Waals surface area contributed by atoms with E-state index in [0.717, 1.165) is 0 Å². The molecule has 3 rings (SSSR count). The lowest BCUT2D eigenvalue weighted by Gasteiger charge is -2.17. The number of hydrogen-bond donors (Lipinski definition) is 1. The number of hydrogen-bond acceptors (Lipinski definition) is 5. The molecule has 2 atom stereocenters. The van der Waals surface area contributed by atoms with Crippen molar-refractivity contribution in [2.75, 3.05) is 6.61 Å². The Morgan fingerprint density at radius 2 is 2.11 bits per heavy atom. The largest absolute Gasteiger partial charge is 0.494 e. The van der Waals surface area contributed by atoms with Crippen LogP contribution in [0.25, 0.3) is 10.9 Å². The van der Waals surface area contributed by atoms with E-state index >= 15 is 0 Å². The van der Waals surface area contributed by atoms with Gasteiger partial charge in [-0.25, -0.2) is 12.4 Å². The molecule has 2 unspecified atom stereocenters. The summed E-state index contributed by atoms with van der Waals surface area (Å²) in [5.41, 5.74) is 1.15. The summed E-state index contributed by atoms with van der Waals surface area (Å²) in [6.45, 7) is 5.76. The minimum atomic E-state index is -3.78. The van der Waals surface area contributed by atoms with Gasteiger partial charge >= 0.3 is 5.97 Å². The predicted octanol–water partition coefficient (Wildman–Crippen LogP) is 2.93. The lowest BCUT2D eigenvalue weighted by atomic mass is 10.1. The van der Waals surface area contributed by atoms with E-state index < -0.39 is 27.3 Å². The molecule has 2 heterocycles. The normalized spacial score (nSPS) is 19.7. The highest BCUT2D eigenvalue weighted by Gasteiger charge is 2.37. The zero-order valence-corrected chi connectivity index (χ0v) is 16.3. The Labute approximate surface area is 158 Å². The van der Waals surface area contributed by atoms with Gasteiger partial charge in [-0.15, -0.1) is 0 Å². The summed E-state index contributed by atoms with van der Waals surface area (Å²) in [7, 11) is -3.78. The van der Waals surface area contributed by atoms with Gasteiger partial charge in [-0.2, -0.15) is 0 Å². The van der Waals surface area contributed by atoms with Crippen molar-refractivity contribution in [2.45, 2.75) is 45.0 Å². The standard InChI is InChI=1S/C19H23NO6S/c1-4-25-15-6-7-16-14(5-8-19(21)22)11-20(17(16)10-15)27(23,24)18-9-12(2)26-13(18)3/h6-7,9-11,13,18H,4-5,8H2,1-3H3,(H,21,22). The molecule has 27 heavy (non-hydrogen) atoms. The van der Waals surface area contributed by atoms with Crippen molar-refractivity contribution in [3.8, 4) is 5.75 Å². The number of benzene rings is 1. The molecule has 1 aromatic carbocycles. The second kappa shape index (κ2) is 7.26. The van der Waals surface area contributed by atoms with Crippen molar-refractivity contribution in [1.29, 1.82) is 0 Å². The van der Waals surface area contributed by atoms with Gasteiger partial charge in [0.1, 0.15) is 17.1 Å². The summed E-state index contributed by atoms with van der Waals surface area (Å²) in [6, 6.07) is 5.22. The van der Waals surface area contributed by atoms with E-state index in [1.54, 1.807) is 38.1 Å². The van der Waals surface area contributed by atoms with Gasteiger partial charge in [0.2, 0.25) is 10.0 Å². The highest BCUT2D eigenvalue weighted by molar-refractivity contribution is 7.91. The highest BCUT2D eigenvalue weighted by atomic mass is 32.2. The number of carboxylic acid groups (broad SMARTS) is 1. The van der Waals surface area contributed by atoms with Gasteiger partial charge in [0.25, 0.3) is 0 Å². The molecule has 146 valence electrons. The minimum Gasteiger partial charge on any atom is -0.494 e. The van der Waals surface area contributed by atoms with E-state index in [-0.39, 0.29) is 12.8 Å². The lowest BCUT2D eigenvalue weighted by Crippen LogP contribution is -2.32. The third kappa shape index (κ3) is 3.66. The average Bonchev–Trinajstić information content (AvgIpc) is 3.13. The number of aliphatic carboxylic acids is 1. The van der Waals surface area contributed by atoms with Gasteiger partial charge in [-0.3, -0.25) is 4.79 Å². The fourth-order valence-corrected chi connectivity index (χ4v) is 5.24. The first kappa shape index (κ1) is 19.3. The smallest absolute Gasteiger partial charge is 0.303 e. The van der Waals surface area contributed by atoms with Crippen molar-refractivity contribution < 1.29 is 27.8 Å². The van der Waals surface area contributed by atoms with Gasteiger partial charge < -0.3 is 14.6 Å². The average molecular weight is 393 g/mol. The lowest BCUT2D eigenvalue weighted by molar-refractivity contribution is -0.136. The fourth-order valence-electron chi connectivity index (χ4n) is 3.38. The third-order valence-electron chi connectivity index (χ3n) is 4.60. The molecular weight excluding hydrogens is 370 g/mol. The summed E-state index contributed by atoms with van der Waals surface area (Å²) in [4.78, 5) is 11.0. The van der Waals surface area contributed by atoms with Gasteiger partial charge in [-0.1, -0.05) is 0 Å². The summed E-state index contributed by atoms with van der Waals surface area (Å²) in [5, 5.41) is 8.89. The molecule has 0 radical (unpaired) electrons. The van der Waals surface area contributed by atoms with Crippen LogP contribution in [0.4, 0.5) is 0 Å². The Morgan fingerprint density at radius 3 is 2.70 bits per heavy atom. The van der Waals surface area contributed by atoms with Crippen molar-refractivity contribution in [1.82, 2.24) is 3.97 Å². The predicted molar refractivity (Wildman–Crippen MR) is 101 cm³/mol. The maximum Gasteiger partial charge on any atom is 0.303 e. The first-order valence-corrected chi connectivity index (χ1v) is 10.3. The number of allylic oxidation sites excluding steroid dienone is 1. The maximum absolute atomic E-state index is 13.3. The quantitative estimate of drug-likeness (QED) is 0.777. The molecule has 0 aliphatic carbocycles. The van der Waals surface area contributed by atoms with E-state index in [4.69, 9.17) is 14.6 Å². The molecule has 0 bridgehead atoms. The van der Waals surface area contributed by atoms with Crippen LogP contribution < -0.4 is 4.74 Å². The molecule has 1 aromatic heterocycles. The highest BCUT2D eigenvalue weighted by Crippen LogP contribution is 2.32. The summed E-state index contributed by atoms with van der Waals surface area (Å²) >= 11 is 0. The Kier molecular flexibility index (Phi) is 5.19. The SMILES string of the molecule is CCOc1ccc2c(CCC(=O)O)cn(S(=O)(=O)C3C=C(C)OC3C)c2c1. The van der Waals surface area contributed by atoms with Crippen LogP contribution in [0.3, 0.4) is 0 Å². The van der Waals surface area contributed by atoms with E-state index in [1.807, 2.05) is 6.92 Å². The molecule has 0 spiro atoms. The number of fused-ring (bicyclic) bond motifs is 1. The van der Waals surface area contributed by atoms with E-state index in [9.17, 15) is 13.2 Å². The number of aryl methyl sites for hydroxylation is 1. The second-order valence-corrected chi connectivity index (χ2v) is 8.53. The zero-order valence-electron chi connectivity index (χ0n) is 15.5. The van der Waals surface area contributed by atoms with Crippen LogP contribution in [0.15, 0.2) is 36.2 Å². The molecule has 7 nitrogen and oxygen atoms in total. The molecule has 1 aliphatic rings. The molecule has 0 fully saturated rings. The Balaban J connectivity index is 2.15. The number of carbonyl (C=O) groups is 1. The molecule has 0 saturated carbocycles. The summed E-state index contributed by atoms with van der Waals surface area (Å²) in [5.74, 6) is 0.210. The first-order valence-electron chi connectivity index (χ1n) is 8.82. The van der Waals surface area contributed by atoms with Gasteiger partial charge in [0.05, 0.1) is 17.9 Å². The third-order valence-corrected chi connectivity index (χ3v) is 6.65. The van der Waals surface area contributed by atoms with Crippen LogP contribution in [0.2, 0.25) is 0 Å². The molecule has 8 heteroatoms. The Morgan fingerprint density at radius 1 is 1.37 bits per heavy atom. The number of ether oxygens (including phenoxy) is 2. The van der Waals surface area contributed by atoms with E-state index in [0.29, 0.717) is 34.6 Å². The summed E-state index contributed by atoms with van der Waals surface area (Å²) in [6.07, 6.45) is 2.80. The van der Waals surface area contributed by atoms with Crippen LogP contribution in [-0.4, -0.2) is 41.4 Å². The molecule has 1 N–H and O–H groups in total. The molecule has 0 amide bonds. The minimum absolute atomic E-state index is 0.0751. The van der Waals surface area contributed by atoms with Gasteiger partial charge in [0.15, 0.2) is 0 Å². The van der Waals surface area contributed by atoms with Crippen LogP contribution in [0, 0.1) is 0 Å². The van der Waals surface area contributed by atoms with Crippen molar-refractivity contribution in [3.63, 3.8) is 0 Å². The van der Waals surface area contributed by atoms with Crippen LogP contribution in [0.5, 0.6) is 5.75 Å². The van der Waals surface area contributed by atoms with Crippen LogP contribution in [-0.2, 0) is 26.0 Å². The molecule has 0 saturated heterocycles. The first-order chi connectivity index (χ1) is 12.7. The van der Waals surface area contributed by atoms with Crippen LogP contribution >= 0.6 is 0 Å². The van der Waals surface area contributed by atoms with Crippen molar-refractivity contribution >= 4 is 26.9 Å². The van der Waals surface area contributed by atoms with Crippen molar-refractivity contribution in [3.05, 3.63) is 41.8 Å². The van der Waals surface area contributed by atoms with Gasteiger partial charge in [-0.05, 0) is 51.0 Å². The number of nitrogens with zero attached hydrogens (tertiary/aromatic N) is 1. The Hall–Kier alpha value is -2.48. The van der Waals surface area contributed by atoms with E-state index in [1.165, 1.54) is 10.2 Å². The zero-order chi connectivity index (χ0) is 19.8. The van der Waals surface area contributed by atoms with E-state index in [2.05, 4.69) is 0 Å². The fraction of sp³-hybridized carbons (Fsp3) is 0.421. The maximum atomic E-state index is 13.3. The van der Waals surface area contributed by atoms with Crippen molar-refractivity contribution in [2.24, 2.45) is 0 Å². The second-order valence-electron chi connectivity index (χ2n) is 6.57. The van der Waals surface area contributed by atoms with Crippen LogP contribution in [0.1, 0.15) is 32.8 Å². The Bertz CT molecular complexity index is 1000. The molecular formula is C19H23NO6S. The monoisotopic (exact) mass is 393 g/mol. The summed E-state index contributed by atoms with van der Waals surface area (Å²) < 4.78 is 38.9. The molecule has 1 aliphatic heterocycles. The molecule has 2 aromatic rings. The number of carboxylic acids is 1.